The molecule has 0 aliphatic rings. The number of hydrogen-bond acceptors (Lipinski definition) is 5. The second-order valence-corrected chi connectivity index (χ2v) is 7.65. The van der Waals surface area contributed by atoms with Crippen LogP contribution in [-0.2, 0) is 23.9 Å². The van der Waals surface area contributed by atoms with Crippen LogP contribution in [-0.4, -0.2) is 25.5 Å². The smallest absolute Gasteiger partial charge is 0.351 e. The van der Waals surface area contributed by atoms with Crippen molar-refractivity contribution in [2.45, 2.75) is 32.5 Å². The van der Waals surface area contributed by atoms with Crippen molar-refractivity contribution in [2.24, 2.45) is 0 Å². The number of hydrogen-bond donors (Lipinski definition) is 3. The van der Waals surface area contributed by atoms with Gasteiger partial charge in [0.05, 0.1) is 11.3 Å². The van der Waals surface area contributed by atoms with Gasteiger partial charge < -0.3 is 10.6 Å². The molecule has 8 nitrogen and oxygen atoms in total. The van der Waals surface area contributed by atoms with Gasteiger partial charge in [-0.05, 0) is 37.1 Å². The van der Waals surface area contributed by atoms with E-state index in [2.05, 4.69) is 25.7 Å². The Bertz CT molecular complexity index is 1380. The summed E-state index contributed by atoms with van der Waals surface area (Å²) in [7, 11) is 0. The van der Waals surface area contributed by atoms with Crippen LogP contribution >= 0.6 is 0 Å². The Hall–Kier alpha value is -4.15. The highest BCUT2D eigenvalue weighted by atomic mass is 19.4. The molecule has 11 heteroatoms. The van der Waals surface area contributed by atoms with Gasteiger partial charge in [0.15, 0.2) is 0 Å². The van der Waals surface area contributed by atoms with E-state index in [0.717, 1.165) is 17.7 Å². The summed E-state index contributed by atoms with van der Waals surface area (Å²) in [5, 5.41) is 8.40. The number of aromatic nitrogens is 4. The second-order valence-electron chi connectivity index (χ2n) is 7.65. The largest absolute Gasteiger partial charge is 0.416 e. The number of fused-ring (bicyclic) bond motifs is 1. The Kier molecular flexibility index (Phi) is 6.35. The van der Waals surface area contributed by atoms with Gasteiger partial charge in [0, 0.05) is 24.2 Å². The van der Waals surface area contributed by atoms with Crippen molar-refractivity contribution < 1.29 is 18.0 Å². The molecule has 0 aliphatic carbocycles. The van der Waals surface area contributed by atoms with Crippen molar-refractivity contribution in [1.82, 2.24) is 19.6 Å². The van der Waals surface area contributed by atoms with E-state index in [-0.39, 0.29) is 24.3 Å². The summed E-state index contributed by atoms with van der Waals surface area (Å²) < 4.78 is 39.8. The molecular formula is C23H21F3N6O2. The lowest BCUT2D eigenvalue weighted by atomic mass is 10.1. The standard InChI is InChI=1S/C23H21F3N6O2/c1-14-18(10-11-19(33)29-17-9-5-8-16(12-17)23(24,25)26)20(34)32-22(28-14)30-21(31-32)27-13-15-6-3-2-4-7-15/h2-9,12H,10-11,13H2,1H3,(H,29,33)(H2,27,28,30,31). The third-order valence-electron chi connectivity index (χ3n) is 5.17. The molecule has 0 unspecified atom stereocenters. The SMILES string of the molecule is Cc1nc2nc(NCc3ccccc3)[nH]n2c(=O)c1CCC(=O)Nc1cccc(C(F)(F)F)c1. The first-order chi connectivity index (χ1) is 16.2. The number of alkyl halides is 3. The molecule has 0 radical (unpaired) electrons. The number of rotatable bonds is 7. The van der Waals surface area contributed by atoms with E-state index in [4.69, 9.17) is 0 Å². The van der Waals surface area contributed by atoms with Gasteiger partial charge in [0.1, 0.15) is 0 Å². The highest BCUT2D eigenvalue weighted by Crippen LogP contribution is 2.30. The van der Waals surface area contributed by atoms with E-state index in [1.807, 2.05) is 30.3 Å². The first-order valence-electron chi connectivity index (χ1n) is 10.4. The summed E-state index contributed by atoms with van der Waals surface area (Å²) in [6.45, 7) is 2.14. The van der Waals surface area contributed by atoms with E-state index < -0.39 is 23.2 Å². The zero-order valence-corrected chi connectivity index (χ0v) is 18.1. The van der Waals surface area contributed by atoms with Gasteiger partial charge >= 0.3 is 6.18 Å². The second kappa shape index (κ2) is 9.38. The number of aryl methyl sites for hydroxylation is 1. The topological polar surface area (TPSA) is 104 Å². The van der Waals surface area contributed by atoms with Gasteiger partial charge in [-0.25, -0.2) is 4.98 Å². The minimum atomic E-state index is -4.51. The highest BCUT2D eigenvalue weighted by Gasteiger charge is 2.30. The van der Waals surface area contributed by atoms with Crippen molar-refractivity contribution in [3.05, 3.63) is 87.3 Å². The molecule has 4 rings (SSSR count). The molecule has 2 aromatic carbocycles. The summed E-state index contributed by atoms with van der Waals surface area (Å²) in [5.74, 6) is 0.0422. The number of aromatic amines is 1. The van der Waals surface area contributed by atoms with Crippen molar-refractivity contribution in [3.63, 3.8) is 0 Å². The fourth-order valence-corrected chi connectivity index (χ4v) is 3.44. The zero-order valence-electron chi connectivity index (χ0n) is 18.1. The molecule has 3 N–H and O–H groups in total. The normalized spacial score (nSPS) is 11.5. The first-order valence-corrected chi connectivity index (χ1v) is 10.4. The van der Waals surface area contributed by atoms with Crippen LogP contribution in [0.2, 0.25) is 0 Å². The summed E-state index contributed by atoms with van der Waals surface area (Å²) in [6.07, 6.45) is -4.54. The summed E-state index contributed by atoms with van der Waals surface area (Å²) >= 11 is 0. The van der Waals surface area contributed by atoms with Gasteiger partial charge in [-0.3, -0.25) is 14.7 Å². The van der Waals surface area contributed by atoms with E-state index in [0.29, 0.717) is 23.8 Å². The van der Waals surface area contributed by atoms with Gasteiger partial charge in [0.2, 0.25) is 11.9 Å². The van der Waals surface area contributed by atoms with Crippen molar-refractivity contribution >= 4 is 23.3 Å². The molecular weight excluding hydrogens is 449 g/mol. The monoisotopic (exact) mass is 470 g/mol. The van der Waals surface area contributed by atoms with E-state index in [1.165, 1.54) is 16.6 Å². The number of anilines is 2. The Morgan fingerprint density at radius 3 is 2.59 bits per heavy atom. The van der Waals surface area contributed by atoms with Crippen LogP contribution in [0.1, 0.15) is 28.8 Å². The maximum Gasteiger partial charge on any atom is 0.416 e. The van der Waals surface area contributed by atoms with E-state index in [9.17, 15) is 22.8 Å². The molecule has 4 aromatic rings. The summed E-state index contributed by atoms with van der Waals surface area (Å²) in [5.41, 5.74) is 0.559. The lowest BCUT2D eigenvalue weighted by molar-refractivity contribution is -0.137. The molecule has 0 bridgehead atoms. The fraction of sp³-hybridized carbons (Fsp3) is 0.217. The van der Waals surface area contributed by atoms with Crippen LogP contribution in [0.4, 0.5) is 24.8 Å². The predicted molar refractivity (Wildman–Crippen MR) is 121 cm³/mol. The van der Waals surface area contributed by atoms with Crippen LogP contribution in [0, 0.1) is 6.92 Å². The van der Waals surface area contributed by atoms with Gasteiger partial charge in [-0.1, -0.05) is 36.4 Å². The van der Waals surface area contributed by atoms with Crippen LogP contribution in [0.15, 0.2) is 59.4 Å². The molecule has 176 valence electrons. The zero-order chi connectivity index (χ0) is 24.3. The van der Waals surface area contributed by atoms with Crippen molar-refractivity contribution in [1.29, 1.82) is 0 Å². The number of carbonyl (C=O) groups excluding carboxylic acids is 1. The fourth-order valence-electron chi connectivity index (χ4n) is 3.44. The van der Waals surface area contributed by atoms with E-state index >= 15 is 0 Å². The Labute approximate surface area is 191 Å². The van der Waals surface area contributed by atoms with Gasteiger partial charge in [-0.15, -0.1) is 0 Å². The van der Waals surface area contributed by atoms with Gasteiger partial charge in [-0.2, -0.15) is 22.7 Å². The van der Waals surface area contributed by atoms with Crippen LogP contribution < -0.4 is 16.2 Å². The molecule has 34 heavy (non-hydrogen) atoms. The maximum absolute atomic E-state index is 12.9. The summed E-state index contributed by atoms with van der Waals surface area (Å²) in [6, 6.07) is 14.0. The number of amides is 1. The lowest BCUT2D eigenvalue weighted by Crippen LogP contribution is -2.23. The molecule has 0 fully saturated rings. The highest BCUT2D eigenvalue weighted by molar-refractivity contribution is 5.90. The number of benzene rings is 2. The van der Waals surface area contributed by atoms with Gasteiger partial charge in [0.25, 0.3) is 11.3 Å². The van der Waals surface area contributed by atoms with Crippen LogP contribution in [0.5, 0.6) is 0 Å². The molecule has 0 aliphatic heterocycles. The van der Waals surface area contributed by atoms with Crippen LogP contribution in [0.25, 0.3) is 5.78 Å². The maximum atomic E-state index is 12.9. The Morgan fingerprint density at radius 1 is 1.09 bits per heavy atom. The molecule has 0 saturated carbocycles. The van der Waals surface area contributed by atoms with E-state index in [1.54, 1.807) is 6.92 Å². The molecule has 0 atom stereocenters. The Balaban J connectivity index is 1.44. The quantitative estimate of drug-likeness (QED) is 0.380. The first kappa shape index (κ1) is 23.0. The number of nitrogens with zero attached hydrogens (tertiary/aromatic N) is 3. The average molecular weight is 470 g/mol. The van der Waals surface area contributed by atoms with Crippen molar-refractivity contribution in [3.8, 4) is 0 Å². The lowest BCUT2D eigenvalue weighted by Gasteiger charge is -2.10. The average Bonchev–Trinajstić information content (AvgIpc) is 3.21. The third-order valence-corrected chi connectivity index (χ3v) is 5.17. The minimum absolute atomic E-state index is 0.0320. The van der Waals surface area contributed by atoms with Crippen molar-refractivity contribution in [2.75, 3.05) is 10.6 Å². The molecule has 0 saturated heterocycles. The molecule has 0 spiro atoms. The minimum Gasteiger partial charge on any atom is -0.351 e. The predicted octanol–water partition coefficient (Wildman–Crippen LogP) is 3.93. The number of carbonyl (C=O) groups is 1. The molecule has 2 heterocycles. The number of nitrogens with one attached hydrogen (secondary N) is 3. The number of H-pyrrole nitrogens is 1. The third kappa shape index (κ3) is 5.25. The molecule has 1 amide bonds. The van der Waals surface area contributed by atoms with Crippen LogP contribution in [0.3, 0.4) is 0 Å². The summed E-state index contributed by atoms with van der Waals surface area (Å²) in [4.78, 5) is 33.9. The Morgan fingerprint density at radius 2 is 1.85 bits per heavy atom. The number of halogens is 3. The molecule has 2 aromatic heterocycles.